The minimum absolute atomic E-state index is 0.0806. The molecule has 0 spiro atoms. The van der Waals surface area contributed by atoms with E-state index < -0.39 is 4.92 Å². The van der Waals surface area contributed by atoms with Crippen LogP contribution >= 0.6 is 11.6 Å². The van der Waals surface area contributed by atoms with Crippen LogP contribution in [-0.4, -0.2) is 21.4 Å². The summed E-state index contributed by atoms with van der Waals surface area (Å²) in [5, 5.41) is 30.8. The van der Waals surface area contributed by atoms with E-state index >= 15 is 0 Å². The van der Waals surface area contributed by atoms with Gasteiger partial charge < -0.3 is 14.9 Å². The van der Waals surface area contributed by atoms with Gasteiger partial charge in [0.2, 0.25) is 0 Å². The first-order valence-electron chi connectivity index (χ1n) is 8.15. The first kappa shape index (κ1) is 19.2. The molecule has 8 heteroatoms. The molecule has 0 unspecified atom stereocenters. The van der Waals surface area contributed by atoms with E-state index in [9.17, 15) is 20.3 Å². The van der Waals surface area contributed by atoms with Crippen molar-refractivity contribution >= 4 is 29.2 Å². The van der Waals surface area contributed by atoms with E-state index in [1.165, 1.54) is 12.3 Å². The molecule has 0 aromatic heterocycles. The van der Waals surface area contributed by atoms with Gasteiger partial charge in [-0.05, 0) is 17.7 Å². The number of hydrogen-bond acceptors (Lipinski definition) is 6. The van der Waals surface area contributed by atoms with E-state index in [-0.39, 0.29) is 27.9 Å². The lowest BCUT2D eigenvalue weighted by atomic mass is 10.2. The molecule has 2 N–H and O–H groups in total. The molecule has 0 saturated heterocycles. The minimum atomic E-state index is -0.638. The van der Waals surface area contributed by atoms with Gasteiger partial charge in [-0.25, -0.2) is 0 Å². The van der Waals surface area contributed by atoms with Crippen LogP contribution in [0.5, 0.6) is 17.2 Å². The number of aromatic hydroxyl groups is 2. The molecule has 0 bridgehead atoms. The molecule has 0 atom stereocenters. The summed E-state index contributed by atoms with van der Waals surface area (Å²) >= 11 is 5.79. The highest BCUT2D eigenvalue weighted by molar-refractivity contribution is 6.32. The van der Waals surface area contributed by atoms with Crippen LogP contribution in [0.2, 0.25) is 5.02 Å². The summed E-state index contributed by atoms with van der Waals surface area (Å²) in [4.78, 5) is 14.3. The average molecular weight is 399 g/mol. The van der Waals surface area contributed by atoms with Crippen LogP contribution < -0.4 is 4.74 Å². The van der Waals surface area contributed by atoms with E-state index in [1.807, 2.05) is 30.3 Å². The molecule has 0 aliphatic rings. The van der Waals surface area contributed by atoms with E-state index in [2.05, 4.69) is 4.99 Å². The maximum absolute atomic E-state index is 10.9. The van der Waals surface area contributed by atoms with Gasteiger partial charge in [-0.3, -0.25) is 15.1 Å². The Hall–Kier alpha value is -3.58. The third-order valence-corrected chi connectivity index (χ3v) is 4.12. The van der Waals surface area contributed by atoms with Gasteiger partial charge in [0.25, 0.3) is 5.69 Å². The first-order chi connectivity index (χ1) is 13.4. The van der Waals surface area contributed by atoms with Crippen LogP contribution in [0, 0.1) is 10.1 Å². The molecule has 0 aliphatic heterocycles. The normalized spacial score (nSPS) is 10.9. The van der Waals surface area contributed by atoms with Gasteiger partial charge in [0.1, 0.15) is 23.8 Å². The van der Waals surface area contributed by atoms with Crippen LogP contribution in [0.4, 0.5) is 11.4 Å². The second-order valence-electron chi connectivity index (χ2n) is 5.81. The van der Waals surface area contributed by atoms with Gasteiger partial charge in [0.05, 0.1) is 9.95 Å². The molecule has 0 aliphatic carbocycles. The predicted molar refractivity (Wildman–Crippen MR) is 106 cm³/mol. The lowest BCUT2D eigenvalue weighted by molar-refractivity contribution is -0.384. The fraction of sp³-hybridized carbons (Fsp3) is 0.0500. The molecule has 0 saturated carbocycles. The molecule has 7 nitrogen and oxygen atoms in total. The zero-order valence-electron chi connectivity index (χ0n) is 14.4. The second-order valence-corrected chi connectivity index (χ2v) is 6.21. The van der Waals surface area contributed by atoms with Gasteiger partial charge in [0.15, 0.2) is 5.75 Å². The van der Waals surface area contributed by atoms with Crippen molar-refractivity contribution in [3.05, 3.63) is 86.9 Å². The van der Waals surface area contributed by atoms with Crippen LogP contribution in [0.3, 0.4) is 0 Å². The zero-order valence-corrected chi connectivity index (χ0v) is 15.2. The Labute approximate surface area is 165 Å². The quantitative estimate of drug-likeness (QED) is 0.345. The lowest BCUT2D eigenvalue weighted by Gasteiger charge is -2.08. The zero-order chi connectivity index (χ0) is 20.1. The number of phenolic OH excluding ortho intramolecular Hbond substituents is 2. The highest BCUT2D eigenvalue weighted by Gasteiger charge is 2.14. The molecule has 3 rings (SSSR count). The minimum Gasteiger partial charge on any atom is -0.507 e. The average Bonchev–Trinajstić information content (AvgIpc) is 2.69. The van der Waals surface area contributed by atoms with Crippen molar-refractivity contribution in [3.8, 4) is 17.2 Å². The predicted octanol–water partition coefficient (Wildman–Crippen LogP) is 4.99. The molecular weight excluding hydrogens is 384 g/mol. The van der Waals surface area contributed by atoms with Crippen molar-refractivity contribution in [3.63, 3.8) is 0 Å². The number of ether oxygens (including phenoxy) is 1. The highest BCUT2D eigenvalue weighted by Crippen LogP contribution is 2.38. The fourth-order valence-corrected chi connectivity index (χ4v) is 2.59. The van der Waals surface area contributed by atoms with Crippen LogP contribution in [-0.2, 0) is 6.61 Å². The van der Waals surface area contributed by atoms with Crippen molar-refractivity contribution in [1.82, 2.24) is 0 Å². The Morgan fingerprint density at radius 2 is 1.86 bits per heavy atom. The van der Waals surface area contributed by atoms with Gasteiger partial charge in [-0.2, -0.15) is 0 Å². The van der Waals surface area contributed by atoms with Crippen LogP contribution in [0.25, 0.3) is 0 Å². The highest BCUT2D eigenvalue weighted by atomic mass is 35.5. The molecule has 142 valence electrons. The Morgan fingerprint density at radius 3 is 2.54 bits per heavy atom. The SMILES string of the molecule is O=[N+]([O-])c1cc(Cl)c(O)c(N=Cc2ccc(OCc3ccccc3)cc2O)c1. The van der Waals surface area contributed by atoms with Crippen LogP contribution in [0.15, 0.2) is 65.7 Å². The molecule has 3 aromatic carbocycles. The molecule has 0 fully saturated rings. The molecule has 3 aromatic rings. The largest absolute Gasteiger partial charge is 0.507 e. The van der Waals surface area contributed by atoms with Crippen molar-refractivity contribution < 1.29 is 19.9 Å². The van der Waals surface area contributed by atoms with Crippen LogP contribution in [0.1, 0.15) is 11.1 Å². The number of hydrogen-bond donors (Lipinski definition) is 2. The van der Waals surface area contributed by atoms with E-state index in [4.69, 9.17) is 16.3 Å². The second kappa shape index (κ2) is 8.41. The van der Waals surface area contributed by atoms with Crippen molar-refractivity contribution in [2.75, 3.05) is 0 Å². The van der Waals surface area contributed by atoms with Crippen molar-refractivity contribution in [2.24, 2.45) is 4.99 Å². The molecule has 0 amide bonds. The lowest BCUT2D eigenvalue weighted by Crippen LogP contribution is -1.95. The summed E-state index contributed by atoms with van der Waals surface area (Å²) in [5.74, 6) is -0.00380. The standard InChI is InChI=1S/C20H15ClN2O5/c21-17-8-15(23(26)27)9-18(20(17)25)22-11-14-6-7-16(10-19(14)24)28-12-13-4-2-1-3-5-13/h1-11,24-25H,12H2. The number of nitrogens with zero attached hydrogens (tertiary/aromatic N) is 2. The van der Waals surface area contributed by atoms with Crippen molar-refractivity contribution in [1.29, 1.82) is 0 Å². The Morgan fingerprint density at radius 1 is 1.11 bits per heavy atom. The third-order valence-electron chi connectivity index (χ3n) is 3.83. The fourth-order valence-electron chi connectivity index (χ4n) is 2.38. The number of rotatable bonds is 6. The monoisotopic (exact) mass is 398 g/mol. The number of aliphatic imine (C=N–C) groups is 1. The summed E-state index contributed by atoms with van der Waals surface area (Å²) < 4.78 is 5.63. The number of nitro groups is 1. The Bertz CT molecular complexity index is 1040. The number of non-ortho nitro benzene ring substituents is 1. The molecule has 0 heterocycles. The number of phenols is 2. The van der Waals surface area contributed by atoms with Crippen molar-refractivity contribution in [2.45, 2.75) is 6.61 Å². The maximum atomic E-state index is 10.9. The van der Waals surface area contributed by atoms with E-state index in [0.29, 0.717) is 17.9 Å². The number of halogens is 1. The van der Waals surface area contributed by atoms with Gasteiger partial charge in [-0.15, -0.1) is 0 Å². The number of benzene rings is 3. The third kappa shape index (κ3) is 4.57. The number of nitro benzene ring substituents is 1. The summed E-state index contributed by atoms with van der Waals surface area (Å²) in [6.45, 7) is 0.355. The van der Waals surface area contributed by atoms with E-state index in [1.54, 1.807) is 12.1 Å². The Kier molecular flexibility index (Phi) is 5.76. The van der Waals surface area contributed by atoms with Gasteiger partial charge in [-0.1, -0.05) is 41.9 Å². The topological polar surface area (TPSA) is 105 Å². The molecular formula is C20H15ClN2O5. The smallest absolute Gasteiger partial charge is 0.273 e. The summed E-state index contributed by atoms with van der Waals surface area (Å²) in [6, 6.07) is 16.4. The summed E-state index contributed by atoms with van der Waals surface area (Å²) in [7, 11) is 0. The van der Waals surface area contributed by atoms with E-state index in [0.717, 1.165) is 17.7 Å². The van der Waals surface area contributed by atoms with Gasteiger partial charge in [0, 0.05) is 30.0 Å². The molecule has 28 heavy (non-hydrogen) atoms. The first-order valence-corrected chi connectivity index (χ1v) is 8.52. The Balaban J connectivity index is 1.77. The molecule has 0 radical (unpaired) electrons. The maximum Gasteiger partial charge on any atom is 0.273 e. The summed E-state index contributed by atoms with van der Waals surface area (Å²) in [6.07, 6.45) is 1.27. The summed E-state index contributed by atoms with van der Waals surface area (Å²) in [5.41, 5.74) is 0.951. The van der Waals surface area contributed by atoms with Gasteiger partial charge >= 0.3 is 0 Å².